The zero-order valence-corrected chi connectivity index (χ0v) is 17.6. The molecule has 0 spiro atoms. The number of benzene rings is 2. The van der Waals surface area contributed by atoms with Crippen molar-refractivity contribution < 1.29 is 13.1 Å². The van der Waals surface area contributed by atoms with E-state index >= 15 is 0 Å². The zero-order chi connectivity index (χ0) is 19.3. The summed E-state index contributed by atoms with van der Waals surface area (Å²) in [5, 5.41) is 0. The molecule has 0 unspecified atom stereocenters. The average Bonchev–Trinajstić information content (AvgIpc) is 3.04. The van der Waals surface area contributed by atoms with Gasteiger partial charge >= 0.3 is 33.3 Å². The summed E-state index contributed by atoms with van der Waals surface area (Å²) in [6.07, 6.45) is 3.84. The van der Waals surface area contributed by atoms with Gasteiger partial charge in [-0.25, -0.2) is 0 Å². The maximum atomic E-state index is 4.76. The predicted molar refractivity (Wildman–Crippen MR) is 113 cm³/mol. The Balaban J connectivity index is 0.000000817. The molecule has 3 rings (SSSR count). The summed E-state index contributed by atoms with van der Waals surface area (Å²) in [6, 6.07) is 24.7. The molecule has 0 fully saturated rings. The first-order valence-electron chi connectivity index (χ1n) is 8.33. The van der Waals surface area contributed by atoms with Crippen molar-refractivity contribution in [3.63, 3.8) is 0 Å². The molecule has 0 saturated heterocycles. The van der Waals surface area contributed by atoms with E-state index in [4.69, 9.17) is 20.2 Å². The molecule has 0 amide bonds. The third kappa shape index (κ3) is 7.74. The number of hydrogen-bond donors (Lipinski definition) is 0. The van der Waals surface area contributed by atoms with Gasteiger partial charge in [-0.3, -0.25) is 9.98 Å². The maximum absolute atomic E-state index is 4.76. The van der Waals surface area contributed by atoms with Gasteiger partial charge in [-0.2, -0.15) is 0 Å². The third-order valence-corrected chi connectivity index (χ3v) is 3.88. The van der Waals surface area contributed by atoms with Crippen LogP contribution in [0.1, 0.15) is 22.5 Å². The molecule has 0 aliphatic rings. The van der Waals surface area contributed by atoms with E-state index in [-0.39, 0.29) is 13.1 Å². The van der Waals surface area contributed by atoms with Gasteiger partial charge in [-0.1, -0.05) is 60.7 Å². The number of aromatic nitrogens is 1. The minimum atomic E-state index is 0.194. The van der Waals surface area contributed by atoms with E-state index in [1.807, 2.05) is 55.9 Å². The summed E-state index contributed by atoms with van der Waals surface area (Å²) in [7, 11) is 11.6. The van der Waals surface area contributed by atoms with Crippen LogP contribution >= 0.6 is 20.2 Å². The molecule has 0 aliphatic heterocycles. The van der Waals surface area contributed by atoms with Crippen molar-refractivity contribution in [2.24, 2.45) is 17.0 Å². The van der Waals surface area contributed by atoms with Gasteiger partial charge in [0.05, 0.1) is 24.5 Å². The molecule has 0 aliphatic carbocycles. The van der Waals surface area contributed by atoms with Crippen LogP contribution in [0.4, 0.5) is 0 Å². The third-order valence-electron chi connectivity index (χ3n) is 3.88. The van der Waals surface area contributed by atoms with Crippen LogP contribution in [-0.2, 0) is 33.3 Å². The Bertz CT molecular complexity index is 777. The molecule has 0 saturated carbocycles. The fourth-order valence-electron chi connectivity index (χ4n) is 2.46. The van der Waals surface area contributed by atoms with Crippen LogP contribution in [0, 0.1) is 0 Å². The summed E-state index contributed by atoms with van der Waals surface area (Å²) >= 11 is 0.194. The van der Waals surface area contributed by atoms with Gasteiger partial charge in [-0.15, -0.1) is 0 Å². The van der Waals surface area contributed by atoms with Crippen LogP contribution in [0.3, 0.4) is 0 Å². The first kappa shape index (κ1) is 21.5. The first-order chi connectivity index (χ1) is 13.2. The van der Waals surface area contributed by atoms with E-state index in [9.17, 15) is 0 Å². The molecule has 3 nitrogen and oxygen atoms in total. The van der Waals surface area contributed by atoms with E-state index in [0.29, 0.717) is 13.1 Å². The molecule has 1 aromatic heterocycles. The number of nitrogens with zero attached hydrogens (tertiary/aromatic N) is 3. The van der Waals surface area contributed by atoms with Crippen molar-refractivity contribution >= 4 is 32.6 Å². The van der Waals surface area contributed by atoms with E-state index in [1.165, 1.54) is 11.1 Å². The van der Waals surface area contributed by atoms with Crippen molar-refractivity contribution in [3.05, 3.63) is 95.3 Å². The van der Waals surface area contributed by atoms with E-state index in [1.54, 1.807) is 0 Å². The summed E-state index contributed by atoms with van der Waals surface area (Å²) in [5.74, 6) is 0. The zero-order valence-electron chi connectivity index (χ0n) is 14.9. The van der Waals surface area contributed by atoms with Crippen LogP contribution in [0.2, 0.25) is 0 Å². The number of hydrogen-bond acceptors (Lipinski definition) is 2. The second-order valence-corrected chi connectivity index (χ2v) is 7.53. The van der Waals surface area contributed by atoms with Crippen LogP contribution in [-0.4, -0.2) is 17.0 Å². The summed E-state index contributed by atoms with van der Waals surface area (Å²) < 4.78 is 2.10. The Morgan fingerprint density at radius 1 is 0.741 bits per heavy atom. The van der Waals surface area contributed by atoms with Crippen LogP contribution in [0.15, 0.2) is 82.8 Å². The Labute approximate surface area is 175 Å². The molecule has 0 bridgehead atoms. The van der Waals surface area contributed by atoms with Gasteiger partial charge in [0.25, 0.3) is 0 Å². The molecule has 27 heavy (non-hydrogen) atoms. The summed E-state index contributed by atoms with van der Waals surface area (Å²) in [5.41, 5.74) is 4.58. The van der Waals surface area contributed by atoms with E-state index in [2.05, 4.69) is 51.0 Å². The minimum absolute atomic E-state index is 0.194. The van der Waals surface area contributed by atoms with Gasteiger partial charge in [-0.05, 0) is 23.3 Å². The normalized spacial score (nSPS) is 11.1. The van der Waals surface area contributed by atoms with Crippen molar-refractivity contribution in [2.45, 2.75) is 13.1 Å². The van der Waals surface area contributed by atoms with Crippen molar-refractivity contribution in [3.8, 4) is 0 Å². The standard InChI is InChI=1S/C21H21N3.2ClH.Fe/c1-24-20(16-22-14-18-8-4-2-5-9-18)12-13-21(24)17-23-15-19-10-6-3-7-11-19;;;/h2-13,16-17H,14-15H2,1H3;2*1H;/q;;;+2/p-2. The molecule has 0 atom stereocenters. The summed E-state index contributed by atoms with van der Waals surface area (Å²) in [4.78, 5) is 9.05. The predicted octanol–water partition coefficient (Wildman–Crippen LogP) is 5.64. The van der Waals surface area contributed by atoms with Crippen molar-refractivity contribution in [1.82, 2.24) is 4.57 Å². The second kappa shape index (κ2) is 12.5. The molecule has 0 N–H and O–H groups in total. The molecular formula is C21H21Cl2FeN3. The topological polar surface area (TPSA) is 29.6 Å². The molecule has 6 heteroatoms. The van der Waals surface area contributed by atoms with Crippen LogP contribution < -0.4 is 0 Å². The molecule has 142 valence electrons. The van der Waals surface area contributed by atoms with Gasteiger partial charge in [0.2, 0.25) is 0 Å². The van der Waals surface area contributed by atoms with Crippen LogP contribution in [0.25, 0.3) is 0 Å². The molecule has 3 aromatic rings. The number of rotatable bonds is 6. The van der Waals surface area contributed by atoms with Crippen LogP contribution in [0.5, 0.6) is 0 Å². The Kier molecular flexibility index (Phi) is 9.96. The van der Waals surface area contributed by atoms with Gasteiger partial charge in [0.15, 0.2) is 0 Å². The van der Waals surface area contributed by atoms with Crippen molar-refractivity contribution in [2.75, 3.05) is 0 Å². The molecular weight excluding hydrogens is 421 g/mol. The van der Waals surface area contributed by atoms with Gasteiger partial charge < -0.3 is 4.57 Å². The number of halogens is 2. The fourth-order valence-corrected chi connectivity index (χ4v) is 2.46. The first-order valence-corrected chi connectivity index (χ1v) is 11.4. The van der Waals surface area contributed by atoms with E-state index in [0.717, 1.165) is 11.4 Å². The molecule has 2 aromatic carbocycles. The summed E-state index contributed by atoms with van der Waals surface area (Å²) in [6.45, 7) is 1.40. The molecule has 0 radical (unpaired) electrons. The quantitative estimate of drug-likeness (QED) is 0.350. The van der Waals surface area contributed by atoms with Gasteiger partial charge in [0.1, 0.15) is 0 Å². The Morgan fingerprint density at radius 3 is 1.48 bits per heavy atom. The fraction of sp³-hybridized carbons (Fsp3) is 0.143. The number of aliphatic imine (C=N–C) groups is 2. The van der Waals surface area contributed by atoms with E-state index < -0.39 is 0 Å². The Hall–Kier alpha value is -1.84. The molecule has 1 heterocycles. The van der Waals surface area contributed by atoms with Crippen molar-refractivity contribution in [1.29, 1.82) is 0 Å². The Morgan fingerprint density at radius 2 is 1.11 bits per heavy atom. The average molecular weight is 442 g/mol. The monoisotopic (exact) mass is 441 g/mol. The SMILES string of the molecule is Cn1c(C=NCc2ccccc2)ccc1C=NCc1ccccc1.[Cl][Fe][Cl]. The second-order valence-electron chi connectivity index (χ2n) is 5.70. The van der Waals surface area contributed by atoms with Gasteiger partial charge in [0, 0.05) is 19.5 Å².